The molecule has 2 heteroatoms. The first-order chi connectivity index (χ1) is 6.86. The van der Waals surface area contributed by atoms with Crippen LogP contribution >= 0.6 is 11.8 Å². The van der Waals surface area contributed by atoms with E-state index in [0.717, 1.165) is 25.5 Å². The fraction of sp³-hybridized carbons (Fsp3) is 0.417. The largest absolute Gasteiger partial charge is 0.302 e. The van der Waals surface area contributed by atoms with Gasteiger partial charge in [0, 0.05) is 4.90 Å². The quantitative estimate of drug-likeness (QED) is 0.525. The van der Waals surface area contributed by atoms with E-state index >= 15 is 0 Å². The summed E-state index contributed by atoms with van der Waals surface area (Å²) in [5, 5.41) is 0.123. The maximum Gasteiger partial charge on any atom is 0.133 e. The van der Waals surface area contributed by atoms with Crippen molar-refractivity contribution in [1.29, 1.82) is 0 Å². The lowest BCUT2D eigenvalue weighted by Crippen LogP contribution is -2.03. The van der Waals surface area contributed by atoms with Gasteiger partial charge in [-0.25, -0.2) is 0 Å². The molecule has 0 bridgehead atoms. The van der Waals surface area contributed by atoms with Crippen molar-refractivity contribution in [2.75, 3.05) is 0 Å². The summed E-state index contributed by atoms with van der Waals surface area (Å²) in [4.78, 5) is 12.0. The minimum atomic E-state index is 0.123. The summed E-state index contributed by atoms with van der Waals surface area (Å²) in [5.41, 5.74) is 0. The van der Waals surface area contributed by atoms with E-state index in [4.69, 9.17) is 0 Å². The molecule has 14 heavy (non-hydrogen) atoms. The molecule has 0 aromatic heterocycles. The van der Waals surface area contributed by atoms with Crippen molar-refractivity contribution < 1.29 is 4.79 Å². The molecule has 0 aliphatic carbocycles. The Balaban J connectivity index is 2.44. The van der Waals surface area contributed by atoms with Gasteiger partial charge in [0.25, 0.3) is 0 Å². The second-order valence-electron chi connectivity index (χ2n) is 3.25. The highest BCUT2D eigenvalue weighted by Crippen LogP contribution is 2.24. The van der Waals surface area contributed by atoms with Crippen molar-refractivity contribution in [2.24, 2.45) is 0 Å². The molecule has 1 rings (SSSR count). The minimum Gasteiger partial charge on any atom is -0.302 e. The van der Waals surface area contributed by atoms with Gasteiger partial charge in [0.15, 0.2) is 0 Å². The highest BCUT2D eigenvalue weighted by atomic mass is 32.2. The second kappa shape index (κ2) is 6.66. The zero-order valence-corrected chi connectivity index (χ0v) is 9.30. The number of hydrogen-bond acceptors (Lipinski definition) is 2. The van der Waals surface area contributed by atoms with Crippen molar-refractivity contribution in [3.8, 4) is 0 Å². The molecule has 76 valence electrons. The second-order valence-corrected chi connectivity index (χ2v) is 4.56. The van der Waals surface area contributed by atoms with Crippen LogP contribution in [0.15, 0.2) is 35.2 Å². The van der Waals surface area contributed by atoms with Crippen LogP contribution in [0, 0.1) is 0 Å². The van der Waals surface area contributed by atoms with Gasteiger partial charge in [0.2, 0.25) is 0 Å². The number of carbonyl (C=O) groups is 1. The first-order valence-corrected chi connectivity index (χ1v) is 5.91. The molecular formula is C12H16OS. The topological polar surface area (TPSA) is 17.1 Å². The van der Waals surface area contributed by atoms with E-state index in [1.54, 1.807) is 11.8 Å². The Bertz CT molecular complexity index is 258. The maximum absolute atomic E-state index is 10.8. The highest BCUT2D eigenvalue weighted by molar-refractivity contribution is 8.00. The van der Waals surface area contributed by atoms with Gasteiger partial charge in [-0.2, -0.15) is 0 Å². The Labute approximate surface area is 89.9 Å². The molecule has 0 aliphatic rings. The molecule has 0 aliphatic heterocycles. The molecule has 1 atom stereocenters. The lowest BCUT2D eigenvalue weighted by atomic mass is 10.2. The average molecular weight is 208 g/mol. The normalized spacial score (nSPS) is 12.4. The van der Waals surface area contributed by atoms with Crippen LogP contribution in [-0.2, 0) is 4.79 Å². The van der Waals surface area contributed by atoms with Crippen molar-refractivity contribution in [3.63, 3.8) is 0 Å². The summed E-state index contributed by atoms with van der Waals surface area (Å²) in [7, 11) is 0. The Hall–Kier alpha value is -0.760. The number of unbranched alkanes of at least 4 members (excludes halogenated alkanes) is 1. The lowest BCUT2D eigenvalue weighted by Gasteiger charge is -2.08. The maximum atomic E-state index is 10.8. The number of benzene rings is 1. The van der Waals surface area contributed by atoms with Gasteiger partial charge in [0.05, 0.1) is 5.25 Å². The third-order valence-corrected chi connectivity index (χ3v) is 3.22. The van der Waals surface area contributed by atoms with Crippen LogP contribution in [0.1, 0.15) is 26.2 Å². The fourth-order valence-electron chi connectivity index (χ4n) is 1.23. The molecular weight excluding hydrogens is 192 g/mol. The minimum absolute atomic E-state index is 0.123. The van der Waals surface area contributed by atoms with Gasteiger partial charge in [0.1, 0.15) is 6.29 Å². The third kappa shape index (κ3) is 3.97. The number of aldehydes is 1. The first kappa shape index (κ1) is 11.3. The molecule has 1 aromatic carbocycles. The molecule has 0 radical (unpaired) electrons. The van der Waals surface area contributed by atoms with Gasteiger partial charge in [-0.05, 0) is 18.6 Å². The van der Waals surface area contributed by atoms with Gasteiger partial charge < -0.3 is 4.79 Å². The number of rotatable bonds is 6. The van der Waals surface area contributed by atoms with Crippen molar-refractivity contribution in [2.45, 2.75) is 36.3 Å². The van der Waals surface area contributed by atoms with Crippen LogP contribution < -0.4 is 0 Å². The van der Waals surface area contributed by atoms with Crippen molar-refractivity contribution in [3.05, 3.63) is 30.3 Å². The highest BCUT2D eigenvalue weighted by Gasteiger charge is 2.07. The predicted molar refractivity (Wildman–Crippen MR) is 61.7 cm³/mol. The summed E-state index contributed by atoms with van der Waals surface area (Å²) >= 11 is 1.66. The summed E-state index contributed by atoms with van der Waals surface area (Å²) < 4.78 is 0. The zero-order valence-electron chi connectivity index (χ0n) is 8.48. The summed E-state index contributed by atoms with van der Waals surface area (Å²) in [6, 6.07) is 10.1. The summed E-state index contributed by atoms with van der Waals surface area (Å²) in [6.45, 7) is 2.15. The molecule has 0 saturated carbocycles. The van der Waals surface area contributed by atoms with Crippen molar-refractivity contribution >= 4 is 18.0 Å². The molecule has 0 heterocycles. The molecule has 0 spiro atoms. The van der Waals surface area contributed by atoms with E-state index in [-0.39, 0.29) is 5.25 Å². The van der Waals surface area contributed by atoms with Gasteiger partial charge in [-0.3, -0.25) is 0 Å². The van der Waals surface area contributed by atoms with Gasteiger partial charge >= 0.3 is 0 Å². The van der Waals surface area contributed by atoms with Crippen molar-refractivity contribution in [1.82, 2.24) is 0 Å². The van der Waals surface area contributed by atoms with Crippen LogP contribution in [0.3, 0.4) is 0 Å². The predicted octanol–water partition coefficient (Wildman–Crippen LogP) is 3.54. The summed E-state index contributed by atoms with van der Waals surface area (Å²) in [6.07, 6.45) is 4.33. The Morgan fingerprint density at radius 2 is 2.07 bits per heavy atom. The lowest BCUT2D eigenvalue weighted by molar-refractivity contribution is -0.107. The number of hydrogen-bond donors (Lipinski definition) is 0. The van der Waals surface area contributed by atoms with Crippen LogP contribution in [0.25, 0.3) is 0 Å². The van der Waals surface area contributed by atoms with E-state index in [1.807, 2.05) is 30.3 Å². The van der Waals surface area contributed by atoms with E-state index in [2.05, 4.69) is 6.92 Å². The third-order valence-electron chi connectivity index (χ3n) is 2.02. The molecule has 0 fully saturated rings. The zero-order chi connectivity index (χ0) is 10.2. The first-order valence-electron chi connectivity index (χ1n) is 5.03. The van der Waals surface area contributed by atoms with Gasteiger partial charge in [-0.15, -0.1) is 11.8 Å². The van der Waals surface area contributed by atoms with E-state index in [9.17, 15) is 4.79 Å². The van der Waals surface area contributed by atoms with E-state index in [0.29, 0.717) is 0 Å². The molecule has 1 unspecified atom stereocenters. The number of thioether (sulfide) groups is 1. The molecule has 0 N–H and O–H groups in total. The Kier molecular flexibility index (Phi) is 5.38. The van der Waals surface area contributed by atoms with E-state index in [1.165, 1.54) is 4.90 Å². The molecule has 1 nitrogen and oxygen atoms in total. The standard InChI is InChI=1S/C12H16OS/c1-2-3-7-12(10-13)14-11-8-5-4-6-9-11/h4-6,8-10,12H,2-3,7H2,1H3. The molecule has 0 saturated heterocycles. The number of carbonyl (C=O) groups excluding carboxylic acids is 1. The van der Waals surface area contributed by atoms with Crippen LogP contribution in [0.2, 0.25) is 0 Å². The van der Waals surface area contributed by atoms with Gasteiger partial charge in [-0.1, -0.05) is 38.0 Å². The molecule has 1 aromatic rings. The molecule has 0 amide bonds. The smallest absolute Gasteiger partial charge is 0.133 e. The Morgan fingerprint density at radius 1 is 1.36 bits per heavy atom. The van der Waals surface area contributed by atoms with Crippen LogP contribution in [-0.4, -0.2) is 11.5 Å². The Morgan fingerprint density at radius 3 is 2.64 bits per heavy atom. The van der Waals surface area contributed by atoms with Crippen LogP contribution in [0.5, 0.6) is 0 Å². The average Bonchev–Trinajstić information content (AvgIpc) is 2.25. The van der Waals surface area contributed by atoms with E-state index < -0.39 is 0 Å². The SMILES string of the molecule is CCCCC(C=O)Sc1ccccc1. The van der Waals surface area contributed by atoms with Crippen LogP contribution in [0.4, 0.5) is 0 Å². The fourth-order valence-corrected chi connectivity index (χ4v) is 2.24. The summed E-state index contributed by atoms with van der Waals surface area (Å²) in [5.74, 6) is 0. The monoisotopic (exact) mass is 208 g/mol.